The van der Waals surface area contributed by atoms with Crippen molar-refractivity contribution in [3.8, 4) is 0 Å². The predicted octanol–water partition coefficient (Wildman–Crippen LogP) is 5.51. The van der Waals surface area contributed by atoms with Gasteiger partial charge in [-0.25, -0.2) is 0 Å². The third-order valence-corrected chi connectivity index (χ3v) is 5.20. The van der Waals surface area contributed by atoms with Gasteiger partial charge in [0.25, 0.3) is 0 Å². The largest absolute Gasteiger partial charge is 0.369 e. The van der Waals surface area contributed by atoms with Gasteiger partial charge in [0.2, 0.25) is 5.91 Å². The van der Waals surface area contributed by atoms with Crippen molar-refractivity contribution in [3.05, 3.63) is 64.1 Å². The first-order chi connectivity index (χ1) is 13.5. The fourth-order valence-electron chi connectivity index (χ4n) is 3.11. The summed E-state index contributed by atoms with van der Waals surface area (Å²) in [5, 5.41) is 7.32. The topological polar surface area (TPSA) is 44.4 Å². The molecule has 2 aromatic carbocycles. The smallest absolute Gasteiger partial charge is 0.250 e. The van der Waals surface area contributed by atoms with Crippen molar-refractivity contribution in [2.24, 2.45) is 0 Å². The highest BCUT2D eigenvalue weighted by Crippen LogP contribution is 2.35. The van der Waals surface area contributed by atoms with Gasteiger partial charge in [-0.15, -0.1) is 0 Å². The number of hydrogen-bond acceptors (Lipinski definition) is 3. The molecule has 0 atom stereocenters. The molecule has 0 bridgehead atoms. The molecule has 1 saturated heterocycles. The van der Waals surface area contributed by atoms with Crippen molar-refractivity contribution in [2.75, 3.05) is 23.3 Å². The summed E-state index contributed by atoms with van der Waals surface area (Å²) < 4.78 is 0. The third kappa shape index (κ3) is 5.71. The number of para-hydroxylation sites is 1. The van der Waals surface area contributed by atoms with Gasteiger partial charge in [0.1, 0.15) is 0 Å². The molecule has 0 spiro atoms. The number of benzene rings is 2. The second-order valence-corrected chi connectivity index (χ2v) is 7.76. The summed E-state index contributed by atoms with van der Waals surface area (Å²) >= 11 is 17.6. The Hall–Kier alpha value is -2.08. The lowest BCUT2D eigenvalue weighted by molar-refractivity contribution is -0.115. The summed E-state index contributed by atoms with van der Waals surface area (Å²) in [7, 11) is 0. The molecule has 1 fully saturated rings. The lowest BCUT2D eigenvalue weighted by Crippen LogP contribution is -2.34. The van der Waals surface area contributed by atoms with Crippen LogP contribution in [0.25, 0.3) is 6.08 Å². The van der Waals surface area contributed by atoms with Gasteiger partial charge in [-0.1, -0.05) is 41.4 Å². The van der Waals surface area contributed by atoms with Crippen LogP contribution in [0.2, 0.25) is 10.0 Å². The first-order valence-electron chi connectivity index (χ1n) is 9.12. The molecule has 0 unspecified atom stereocenters. The van der Waals surface area contributed by atoms with E-state index in [9.17, 15) is 4.79 Å². The minimum absolute atomic E-state index is 0.228. The van der Waals surface area contributed by atoms with Crippen LogP contribution in [0, 0.1) is 0 Å². The Balaban J connectivity index is 1.63. The third-order valence-electron chi connectivity index (χ3n) is 4.44. The Kier molecular flexibility index (Phi) is 7.31. The highest BCUT2D eigenvalue weighted by atomic mass is 35.5. The quantitative estimate of drug-likeness (QED) is 0.492. The number of hydrogen-bond donors (Lipinski definition) is 2. The number of carbonyl (C=O) groups is 1. The number of carbonyl (C=O) groups excluding carboxylic acids is 1. The minimum Gasteiger partial charge on any atom is -0.369 e. The Morgan fingerprint density at radius 3 is 2.46 bits per heavy atom. The summed E-state index contributed by atoms with van der Waals surface area (Å²) in [6, 6.07) is 12.9. The van der Waals surface area contributed by atoms with E-state index in [0.717, 1.165) is 42.9 Å². The molecule has 1 amide bonds. The highest BCUT2D eigenvalue weighted by Gasteiger charge is 2.18. The van der Waals surface area contributed by atoms with Crippen LogP contribution in [0.5, 0.6) is 0 Å². The van der Waals surface area contributed by atoms with Crippen LogP contribution < -0.4 is 15.5 Å². The SMILES string of the molecule is O=C(C=Cc1ccc(Cl)cc1)NC(=S)Nc1cccc(Cl)c1N1CCCCC1. The number of halogens is 2. The number of rotatable bonds is 4. The normalized spacial score (nSPS) is 14.1. The van der Waals surface area contributed by atoms with Crippen molar-refractivity contribution in [2.45, 2.75) is 19.3 Å². The molecule has 0 aliphatic carbocycles. The lowest BCUT2D eigenvalue weighted by Gasteiger charge is -2.31. The average Bonchev–Trinajstić information content (AvgIpc) is 2.68. The van der Waals surface area contributed by atoms with Crippen LogP contribution in [0.4, 0.5) is 11.4 Å². The molecule has 1 aliphatic rings. The summed E-state index contributed by atoms with van der Waals surface area (Å²) in [4.78, 5) is 14.4. The average molecular weight is 434 g/mol. The first kappa shape index (κ1) is 20.6. The number of amides is 1. The molecular formula is C21H21Cl2N3OS. The minimum atomic E-state index is -0.311. The summed E-state index contributed by atoms with van der Waals surface area (Å²) in [5.41, 5.74) is 2.60. The summed E-state index contributed by atoms with van der Waals surface area (Å²) in [6.45, 7) is 1.92. The van der Waals surface area contributed by atoms with E-state index in [1.54, 1.807) is 18.2 Å². The molecule has 1 aliphatic heterocycles. The highest BCUT2D eigenvalue weighted by molar-refractivity contribution is 7.80. The predicted molar refractivity (Wildman–Crippen MR) is 122 cm³/mol. The molecule has 2 N–H and O–H groups in total. The summed E-state index contributed by atoms with van der Waals surface area (Å²) in [6.07, 6.45) is 6.65. The van der Waals surface area contributed by atoms with E-state index >= 15 is 0 Å². The van der Waals surface area contributed by atoms with Crippen LogP contribution in [0.3, 0.4) is 0 Å². The van der Waals surface area contributed by atoms with E-state index in [1.165, 1.54) is 12.5 Å². The second kappa shape index (κ2) is 9.92. The zero-order valence-corrected chi connectivity index (χ0v) is 17.6. The maximum Gasteiger partial charge on any atom is 0.250 e. The Labute approximate surface area is 180 Å². The molecule has 0 saturated carbocycles. The van der Waals surface area contributed by atoms with Crippen LogP contribution >= 0.6 is 35.4 Å². The van der Waals surface area contributed by atoms with Crippen LogP contribution in [0.15, 0.2) is 48.5 Å². The maximum atomic E-state index is 12.1. The molecule has 28 heavy (non-hydrogen) atoms. The van der Waals surface area contributed by atoms with E-state index in [4.69, 9.17) is 35.4 Å². The fourth-order valence-corrected chi connectivity index (χ4v) is 3.74. The van der Waals surface area contributed by atoms with Gasteiger partial charge in [-0.2, -0.15) is 0 Å². The molecular weight excluding hydrogens is 413 g/mol. The van der Waals surface area contributed by atoms with Gasteiger partial charge in [0.05, 0.1) is 16.4 Å². The molecule has 4 nitrogen and oxygen atoms in total. The fraction of sp³-hybridized carbons (Fsp3) is 0.238. The zero-order chi connectivity index (χ0) is 19.9. The second-order valence-electron chi connectivity index (χ2n) is 6.51. The molecule has 146 valence electrons. The van der Waals surface area contributed by atoms with E-state index in [0.29, 0.717) is 10.0 Å². The van der Waals surface area contributed by atoms with E-state index < -0.39 is 0 Å². The van der Waals surface area contributed by atoms with Crippen molar-refractivity contribution >= 4 is 63.9 Å². The van der Waals surface area contributed by atoms with Gasteiger partial charge in [-0.3, -0.25) is 10.1 Å². The maximum absolute atomic E-state index is 12.1. The van der Waals surface area contributed by atoms with Gasteiger partial charge in [0.15, 0.2) is 5.11 Å². The monoisotopic (exact) mass is 433 g/mol. The number of nitrogens with one attached hydrogen (secondary N) is 2. The van der Waals surface area contributed by atoms with Crippen LogP contribution in [-0.4, -0.2) is 24.1 Å². The zero-order valence-electron chi connectivity index (χ0n) is 15.3. The molecule has 1 heterocycles. The van der Waals surface area contributed by atoms with Gasteiger partial charge in [0, 0.05) is 24.2 Å². The number of piperidine rings is 1. The van der Waals surface area contributed by atoms with E-state index in [-0.39, 0.29) is 11.0 Å². The lowest BCUT2D eigenvalue weighted by atomic mass is 10.1. The Morgan fingerprint density at radius 1 is 1.04 bits per heavy atom. The van der Waals surface area contributed by atoms with E-state index in [1.807, 2.05) is 30.3 Å². The number of anilines is 2. The standard InChI is InChI=1S/C21H21Cl2N3OS/c22-16-10-7-15(8-11-16)9-12-19(27)25-21(28)24-18-6-4-5-17(23)20(18)26-13-2-1-3-14-26/h4-12H,1-3,13-14H2,(H2,24,25,27,28). The van der Waals surface area contributed by atoms with Gasteiger partial charge >= 0.3 is 0 Å². The Bertz CT molecular complexity index is 878. The molecule has 0 aromatic heterocycles. The van der Waals surface area contributed by atoms with Crippen molar-refractivity contribution in [1.82, 2.24) is 5.32 Å². The van der Waals surface area contributed by atoms with E-state index in [2.05, 4.69) is 15.5 Å². The molecule has 7 heteroatoms. The van der Waals surface area contributed by atoms with Gasteiger partial charge < -0.3 is 10.2 Å². The molecule has 0 radical (unpaired) electrons. The van der Waals surface area contributed by atoms with Crippen LogP contribution in [0.1, 0.15) is 24.8 Å². The van der Waals surface area contributed by atoms with Crippen molar-refractivity contribution in [1.29, 1.82) is 0 Å². The summed E-state index contributed by atoms with van der Waals surface area (Å²) in [5.74, 6) is -0.311. The molecule has 2 aromatic rings. The van der Waals surface area contributed by atoms with Gasteiger partial charge in [-0.05, 0) is 67.4 Å². The number of nitrogens with zero attached hydrogens (tertiary/aromatic N) is 1. The van der Waals surface area contributed by atoms with Crippen molar-refractivity contribution < 1.29 is 4.79 Å². The van der Waals surface area contributed by atoms with Crippen molar-refractivity contribution in [3.63, 3.8) is 0 Å². The number of thiocarbonyl (C=S) groups is 1. The first-order valence-corrected chi connectivity index (χ1v) is 10.3. The Morgan fingerprint density at radius 2 is 1.75 bits per heavy atom. The van der Waals surface area contributed by atoms with Crippen LogP contribution in [-0.2, 0) is 4.79 Å². The molecule has 3 rings (SSSR count).